The lowest BCUT2D eigenvalue weighted by Crippen LogP contribution is -1.96. The predicted molar refractivity (Wildman–Crippen MR) is 156 cm³/mol. The molecule has 0 atom stereocenters. The zero-order valence-electron chi connectivity index (χ0n) is 20.5. The van der Waals surface area contributed by atoms with Gasteiger partial charge >= 0.3 is 0 Å². The van der Waals surface area contributed by atoms with E-state index in [1.165, 1.54) is 43.6 Å². The van der Waals surface area contributed by atoms with Crippen LogP contribution in [0.2, 0.25) is 0 Å². The van der Waals surface area contributed by atoms with Crippen molar-refractivity contribution < 1.29 is 0 Å². The normalized spacial score (nSPS) is 11.7. The highest BCUT2D eigenvalue weighted by Gasteiger charge is 2.16. The molecule has 8 aromatic rings. The summed E-state index contributed by atoms with van der Waals surface area (Å²) in [5.74, 6) is 0. The number of hydrogen-bond donors (Lipinski definition) is 0. The Morgan fingerprint density at radius 3 is 1.58 bits per heavy atom. The molecular weight excluding hydrogens is 464 g/mol. The summed E-state index contributed by atoms with van der Waals surface area (Å²) in [5.41, 5.74) is 9.02. The van der Waals surface area contributed by atoms with Gasteiger partial charge in [-0.1, -0.05) is 66.7 Å². The van der Waals surface area contributed by atoms with Gasteiger partial charge in [-0.3, -0.25) is 9.97 Å². The fourth-order valence-corrected chi connectivity index (χ4v) is 5.81. The van der Waals surface area contributed by atoms with Crippen molar-refractivity contribution in [2.75, 3.05) is 0 Å². The number of benzene rings is 5. The highest BCUT2D eigenvalue weighted by Crippen LogP contribution is 2.36. The molecule has 0 aliphatic rings. The third kappa shape index (κ3) is 3.04. The first kappa shape index (κ1) is 20.9. The Morgan fingerprint density at radius 1 is 0.447 bits per heavy atom. The van der Waals surface area contributed by atoms with E-state index in [4.69, 9.17) is 0 Å². The highest BCUT2D eigenvalue weighted by atomic mass is 15.0. The van der Waals surface area contributed by atoms with Gasteiger partial charge in [0, 0.05) is 50.9 Å². The lowest BCUT2D eigenvalue weighted by atomic mass is 10.1. The first-order chi connectivity index (χ1) is 18.9. The number of hydrogen-bond acceptors (Lipinski definition) is 2. The Morgan fingerprint density at radius 2 is 0.974 bits per heavy atom. The predicted octanol–water partition coefficient (Wildman–Crippen LogP) is 8.34. The molecule has 5 aromatic carbocycles. The van der Waals surface area contributed by atoms with Crippen molar-refractivity contribution in [3.8, 4) is 22.6 Å². The molecule has 0 amide bonds. The van der Waals surface area contributed by atoms with Gasteiger partial charge < -0.3 is 9.13 Å². The summed E-state index contributed by atoms with van der Waals surface area (Å²) in [6, 6.07) is 41.4. The third-order valence-corrected chi connectivity index (χ3v) is 7.48. The van der Waals surface area contributed by atoms with E-state index in [-0.39, 0.29) is 0 Å². The Labute approximate surface area is 219 Å². The largest absolute Gasteiger partial charge is 0.309 e. The second kappa shape index (κ2) is 8.15. The van der Waals surface area contributed by atoms with Crippen LogP contribution in [0.25, 0.3) is 66.2 Å². The zero-order valence-corrected chi connectivity index (χ0v) is 20.5. The van der Waals surface area contributed by atoms with Crippen molar-refractivity contribution in [2.24, 2.45) is 0 Å². The molecule has 0 bridgehead atoms. The Balaban J connectivity index is 1.36. The summed E-state index contributed by atoms with van der Waals surface area (Å²) in [6.45, 7) is 0. The molecule has 0 unspecified atom stereocenters. The van der Waals surface area contributed by atoms with Crippen LogP contribution >= 0.6 is 0 Å². The van der Waals surface area contributed by atoms with Crippen molar-refractivity contribution in [3.05, 3.63) is 134 Å². The molecule has 178 valence electrons. The average Bonchev–Trinajstić information content (AvgIpc) is 3.50. The van der Waals surface area contributed by atoms with Gasteiger partial charge in [0.25, 0.3) is 0 Å². The maximum Gasteiger partial charge on any atom is 0.0885 e. The van der Waals surface area contributed by atoms with Gasteiger partial charge in [-0.15, -0.1) is 0 Å². The number of nitrogens with zero attached hydrogens (tertiary/aromatic N) is 4. The molecule has 0 N–H and O–H groups in total. The lowest BCUT2D eigenvalue weighted by molar-refractivity contribution is 1.16. The number of fused-ring (bicyclic) bond motifs is 6. The second-order valence-electron chi connectivity index (χ2n) is 9.56. The van der Waals surface area contributed by atoms with Crippen molar-refractivity contribution >= 4 is 43.6 Å². The summed E-state index contributed by atoms with van der Waals surface area (Å²) in [7, 11) is 0. The Hall–Kier alpha value is -5.22. The molecule has 4 heteroatoms. The van der Waals surface area contributed by atoms with Crippen LogP contribution in [0.5, 0.6) is 0 Å². The monoisotopic (exact) mass is 486 g/mol. The van der Waals surface area contributed by atoms with Crippen LogP contribution in [-0.2, 0) is 0 Å². The molecule has 0 radical (unpaired) electrons. The molecule has 0 aliphatic heterocycles. The topological polar surface area (TPSA) is 35.6 Å². The van der Waals surface area contributed by atoms with Crippen LogP contribution in [0, 0.1) is 0 Å². The van der Waals surface area contributed by atoms with Gasteiger partial charge in [0.05, 0.1) is 34.0 Å². The molecule has 3 aromatic heterocycles. The quantitative estimate of drug-likeness (QED) is 0.252. The second-order valence-corrected chi connectivity index (χ2v) is 9.56. The average molecular weight is 487 g/mol. The van der Waals surface area contributed by atoms with E-state index in [0.29, 0.717) is 0 Å². The van der Waals surface area contributed by atoms with Gasteiger partial charge in [-0.2, -0.15) is 0 Å². The lowest BCUT2D eigenvalue weighted by Gasteiger charge is -2.11. The SMILES string of the molecule is c1ccc2c(c1)c1ccccc1n2-c1ccc2c(c1)c1ccccc1n2-c1ccc(-c2cnccn2)cc1. The van der Waals surface area contributed by atoms with E-state index >= 15 is 0 Å². The highest BCUT2D eigenvalue weighted by molar-refractivity contribution is 6.12. The van der Waals surface area contributed by atoms with Crippen LogP contribution in [0.1, 0.15) is 0 Å². The maximum absolute atomic E-state index is 4.45. The fraction of sp³-hybridized carbons (Fsp3) is 0. The maximum atomic E-state index is 4.45. The van der Waals surface area contributed by atoms with E-state index in [2.05, 4.69) is 134 Å². The summed E-state index contributed by atoms with van der Waals surface area (Å²) in [6.07, 6.45) is 5.22. The van der Waals surface area contributed by atoms with Crippen molar-refractivity contribution in [2.45, 2.75) is 0 Å². The van der Waals surface area contributed by atoms with E-state index in [1.807, 2.05) is 0 Å². The molecule has 4 nitrogen and oxygen atoms in total. The minimum Gasteiger partial charge on any atom is -0.309 e. The molecule has 0 aliphatic carbocycles. The van der Waals surface area contributed by atoms with Crippen molar-refractivity contribution in [1.29, 1.82) is 0 Å². The van der Waals surface area contributed by atoms with Crippen LogP contribution in [0.4, 0.5) is 0 Å². The molecule has 0 saturated carbocycles. The van der Waals surface area contributed by atoms with E-state index in [1.54, 1.807) is 18.6 Å². The molecule has 8 rings (SSSR count). The zero-order chi connectivity index (χ0) is 25.1. The van der Waals surface area contributed by atoms with Gasteiger partial charge in [0.2, 0.25) is 0 Å². The Kier molecular flexibility index (Phi) is 4.49. The molecule has 38 heavy (non-hydrogen) atoms. The van der Waals surface area contributed by atoms with Crippen LogP contribution < -0.4 is 0 Å². The summed E-state index contributed by atoms with van der Waals surface area (Å²) in [5, 5.41) is 5.02. The van der Waals surface area contributed by atoms with Crippen molar-refractivity contribution in [1.82, 2.24) is 19.1 Å². The van der Waals surface area contributed by atoms with Gasteiger partial charge in [-0.05, 0) is 48.5 Å². The molecular formula is C34H22N4. The van der Waals surface area contributed by atoms with Crippen molar-refractivity contribution in [3.63, 3.8) is 0 Å². The summed E-state index contributed by atoms with van der Waals surface area (Å²) in [4.78, 5) is 8.66. The van der Waals surface area contributed by atoms with E-state index < -0.39 is 0 Å². The smallest absolute Gasteiger partial charge is 0.0885 e. The van der Waals surface area contributed by atoms with Crippen LogP contribution in [-0.4, -0.2) is 19.1 Å². The molecule has 0 spiro atoms. The van der Waals surface area contributed by atoms with Gasteiger partial charge in [0.15, 0.2) is 0 Å². The van der Waals surface area contributed by atoms with Gasteiger partial charge in [-0.25, -0.2) is 0 Å². The first-order valence-corrected chi connectivity index (χ1v) is 12.8. The summed E-state index contributed by atoms with van der Waals surface area (Å²) >= 11 is 0. The summed E-state index contributed by atoms with van der Waals surface area (Å²) < 4.78 is 4.73. The minimum atomic E-state index is 0.872. The van der Waals surface area contributed by atoms with Gasteiger partial charge in [0.1, 0.15) is 0 Å². The van der Waals surface area contributed by atoms with Crippen LogP contribution in [0.3, 0.4) is 0 Å². The molecule has 0 saturated heterocycles. The fourth-order valence-electron chi connectivity index (χ4n) is 5.81. The standard InChI is InChI=1S/C34H22N4/c1-4-10-31-26(7-1)27-8-2-5-11-32(27)38(31)25-17-18-34-29(21-25)28-9-3-6-12-33(28)37(34)24-15-13-23(14-16-24)30-22-35-19-20-36-30/h1-22H. The number of aromatic nitrogens is 4. The number of rotatable bonds is 3. The third-order valence-electron chi connectivity index (χ3n) is 7.48. The number of para-hydroxylation sites is 3. The first-order valence-electron chi connectivity index (χ1n) is 12.8. The van der Waals surface area contributed by atoms with E-state index in [9.17, 15) is 0 Å². The van der Waals surface area contributed by atoms with Crippen LogP contribution in [0.15, 0.2) is 134 Å². The minimum absolute atomic E-state index is 0.872. The Bertz CT molecular complexity index is 2060. The van der Waals surface area contributed by atoms with E-state index in [0.717, 1.165) is 22.6 Å². The molecule has 3 heterocycles. The molecule has 0 fully saturated rings.